The summed E-state index contributed by atoms with van der Waals surface area (Å²) >= 11 is 0. The third-order valence-electron chi connectivity index (χ3n) is 5.84. The van der Waals surface area contributed by atoms with Crippen molar-refractivity contribution in [2.24, 2.45) is 17.8 Å². The molecule has 0 N–H and O–H groups in total. The first-order valence-corrected chi connectivity index (χ1v) is 8.63. The van der Waals surface area contributed by atoms with Crippen LogP contribution in [0.4, 0.5) is 0 Å². The summed E-state index contributed by atoms with van der Waals surface area (Å²) in [5.74, 6) is 0.299. The molecule has 5 heteroatoms. The molecule has 2 saturated carbocycles. The third-order valence-corrected chi connectivity index (χ3v) is 5.84. The number of nitrogens with zero attached hydrogens (tertiary/aromatic N) is 1. The molecule has 2 bridgehead atoms. The maximum Gasteiger partial charge on any atom is 0.308 e. The predicted molar refractivity (Wildman–Crippen MR) is 86.3 cm³/mol. The molecule has 1 aliphatic heterocycles. The van der Waals surface area contributed by atoms with Gasteiger partial charge in [0.2, 0.25) is 0 Å². The number of fused-ring (bicyclic) bond motifs is 3. The summed E-state index contributed by atoms with van der Waals surface area (Å²) in [4.78, 5) is 38.7. The number of ether oxygens (including phenoxy) is 1. The number of methoxy groups -OCH3 is 1. The molecule has 2 amide bonds. The Labute approximate surface area is 141 Å². The Kier molecular flexibility index (Phi) is 3.66. The fourth-order valence-corrected chi connectivity index (χ4v) is 4.92. The first kappa shape index (κ1) is 15.4. The van der Waals surface area contributed by atoms with Crippen molar-refractivity contribution in [1.82, 2.24) is 4.90 Å². The Morgan fingerprint density at radius 1 is 0.958 bits per heavy atom. The van der Waals surface area contributed by atoms with Gasteiger partial charge in [0.05, 0.1) is 24.2 Å². The second-order valence-electron chi connectivity index (χ2n) is 7.31. The molecule has 2 aliphatic carbocycles. The zero-order chi connectivity index (χ0) is 16.8. The summed E-state index contributed by atoms with van der Waals surface area (Å²) in [5.41, 5.74) is 1.04. The van der Waals surface area contributed by atoms with Gasteiger partial charge in [0.15, 0.2) is 0 Å². The molecule has 3 aliphatic rings. The van der Waals surface area contributed by atoms with Gasteiger partial charge >= 0.3 is 5.97 Å². The minimum absolute atomic E-state index is 0.0260. The number of carbonyl (C=O) groups is 3. The van der Waals surface area contributed by atoms with Crippen molar-refractivity contribution in [3.63, 3.8) is 0 Å². The number of carbonyl (C=O) groups excluding carboxylic acids is 3. The van der Waals surface area contributed by atoms with Crippen molar-refractivity contribution >= 4 is 17.8 Å². The summed E-state index contributed by atoms with van der Waals surface area (Å²) in [6.07, 6.45) is 4.31. The lowest BCUT2D eigenvalue weighted by Gasteiger charge is -2.43. The summed E-state index contributed by atoms with van der Waals surface area (Å²) < 4.78 is 4.90. The molecule has 2 unspecified atom stereocenters. The molecular weight excluding hydrogens is 306 g/mol. The first-order chi connectivity index (χ1) is 11.6. The lowest BCUT2D eigenvalue weighted by Crippen LogP contribution is -2.47. The van der Waals surface area contributed by atoms with E-state index < -0.39 is 0 Å². The number of hydrogen-bond donors (Lipinski definition) is 0. The summed E-state index contributed by atoms with van der Waals surface area (Å²) in [6.45, 7) is 0. The van der Waals surface area contributed by atoms with E-state index in [1.54, 1.807) is 24.3 Å². The summed E-state index contributed by atoms with van der Waals surface area (Å²) in [5, 5.41) is 0. The molecule has 0 radical (unpaired) electrons. The maximum absolute atomic E-state index is 12.7. The van der Waals surface area contributed by atoms with E-state index in [0.29, 0.717) is 23.0 Å². The number of esters is 1. The molecule has 5 nitrogen and oxygen atoms in total. The molecule has 24 heavy (non-hydrogen) atoms. The van der Waals surface area contributed by atoms with Crippen LogP contribution in [0.15, 0.2) is 24.3 Å². The van der Waals surface area contributed by atoms with Gasteiger partial charge in [-0.15, -0.1) is 0 Å². The molecule has 0 saturated heterocycles. The van der Waals surface area contributed by atoms with Gasteiger partial charge in [-0.2, -0.15) is 0 Å². The minimum Gasteiger partial charge on any atom is -0.469 e. The van der Waals surface area contributed by atoms with Crippen LogP contribution >= 0.6 is 0 Å². The highest BCUT2D eigenvalue weighted by Gasteiger charge is 2.46. The van der Waals surface area contributed by atoms with Crippen molar-refractivity contribution in [3.05, 3.63) is 35.4 Å². The average Bonchev–Trinajstić information content (AvgIpc) is 2.84. The van der Waals surface area contributed by atoms with E-state index in [2.05, 4.69) is 0 Å². The predicted octanol–water partition coefficient (Wildman–Crippen LogP) is 2.65. The van der Waals surface area contributed by atoms with Crippen molar-refractivity contribution in [1.29, 1.82) is 0 Å². The van der Waals surface area contributed by atoms with E-state index in [-0.39, 0.29) is 29.7 Å². The second-order valence-corrected chi connectivity index (χ2v) is 7.31. The smallest absolute Gasteiger partial charge is 0.308 e. The maximum atomic E-state index is 12.7. The van der Waals surface area contributed by atoms with Gasteiger partial charge in [0.25, 0.3) is 11.8 Å². The van der Waals surface area contributed by atoms with Gasteiger partial charge in [0, 0.05) is 6.04 Å². The Morgan fingerprint density at radius 3 is 2.00 bits per heavy atom. The van der Waals surface area contributed by atoms with E-state index in [0.717, 1.165) is 32.1 Å². The monoisotopic (exact) mass is 327 g/mol. The number of rotatable bonds is 2. The Hall–Kier alpha value is -2.17. The molecule has 1 aromatic rings. The van der Waals surface area contributed by atoms with Crippen LogP contribution in [-0.4, -0.2) is 35.8 Å². The first-order valence-electron chi connectivity index (χ1n) is 8.63. The van der Waals surface area contributed by atoms with Crippen molar-refractivity contribution in [3.8, 4) is 0 Å². The standard InChI is InChI=1S/C19H21NO4/c1-24-19(23)13-7-11-6-12(8-13)10-14(9-11)20-17(21)15-4-2-3-5-16(15)18(20)22/h2-5,11-14H,6-10H2,1H3/t11-,12+,13?,14?. The van der Waals surface area contributed by atoms with Crippen molar-refractivity contribution in [2.45, 2.75) is 38.1 Å². The number of hydrogen-bond acceptors (Lipinski definition) is 4. The van der Waals surface area contributed by atoms with E-state index in [4.69, 9.17) is 4.74 Å². The molecule has 0 spiro atoms. The molecular formula is C19H21NO4. The summed E-state index contributed by atoms with van der Waals surface area (Å²) in [7, 11) is 1.44. The quantitative estimate of drug-likeness (QED) is 0.619. The fraction of sp³-hybridized carbons (Fsp3) is 0.526. The Balaban J connectivity index is 1.53. The van der Waals surface area contributed by atoms with E-state index in [1.165, 1.54) is 12.0 Å². The van der Waals surface area contributed by atoms with Crippen LogP contribution in [0.1, 0.15) is 52.8 Å². The van der Waals surface area contributed by atoms with Crippen LogP contribution in [0.3, 0.4) is 0 Å². The van der Waals surface area contributed by atoms with Crippen molar-refractivity contribution < 1.29 is 19.1 Å². The van der Waals surface area contributed by atoms with E-state index in [9.17, 15) is 14.4 Å². The number of imide groups is 1. The average molecular weight is 327 g/mol. The lowest BCUT2D eigenvalue weighted by atomic mass is 9.66. The molecule has 1 aromatic carbocycles. The number of benzene rings is 1. The molecule has 126 valence electrons. The molecule has 2 fully saturated rings. The summed E-state index contributed by atoms with van der Waals surface area (Å²) in [6, 6.07) is 7.01. The van der Waals surface area contributed by atoms with Gasteiger partial charge in [-0.1, -0.05) is 12.1 Å². The normalized spacial score (nSPS) is 31.8. The third kappa shape index (κ3) is 2.34. The lowest BCUT2D eigenvalue weighted by molar-refractivity contribution is -0.148. The van der Waals surface area contributed by atoms with Gasteiger partial charge in [0.1, 0.15) is 0 Å². The van der Waals surface area contributed by atoms with Crippen molar-refractivity contribution in [2.75, 3.05) is 7.11 Å². The van der Waals surface area contributed by atoms with Crippen LogP contribution in [0.2, 0.25) is 0 Å². The highest BCUT2D eigenvalue weighted by atomic mass is 16.5. The Bertz CT molecular complexity index is 664. The van der Waals surface area contributed by atoms with Crippen LogP contribution in [0.25, 0.3) is 0 Å². The van der Waals surface area contributed by atoms with E-state index in [1.807, 2.05) is 0 Å². The second kappa shape index (κ2) is 5.72. The number of amides is 2. The highest BCUT2D eigenvalue weighted by molar-refractivity contribution is 6.21. The van der Waals surface area contributed by atoms with Gasteiger partial charge in [-0.05, 0) is 56.1 Å². The van der Waals surface area contributed by atoms with Gasteiger partial charge < -0.3 is 4.74 Å². The zero-order valence-corrected chi connectivity index (χ0v) is 13.7. The van der Waals surface area contributed by atoms with Crippen LogP contribution in [-0.2, 0) is 9.53 Å². The Morgan fingerprint density at radius 2 is 1.50 bits per heavy atom. The van der Waals surface area contributed by atoms with Crippen LogP contribution in [0.5, 0.6) is 0 Å². The fourth-order valence-electron chi connectivity index (χ4n) is 4.92. The molecule has 1 heterocycles. The van der Waals surface area contributed by atoms with Crippen LogP contribution in [0, 0.1) is 17.8 Å². The SMILES string of the molecule is COC(=O)C1C[C@@H]2CC(N3C(=O)c4ccccc4C3=O)C[C@H](C1)C2. The highest BCUT2D eigenvalue weighted by Crippen LogP contribution is 2.45. The molecule has 4 rings (SSSR count). The topological polar surface area (TPSA) is 63.7 Å². The van der Waals surface area contributed by atoms with Gasteiger partial charge in [-0.3, -0.25) is 19.3 Å². The molecule has 4 atom stereocenters. The molecule has 0 aromatic heterocycles. The van der Waals surface area contributed by atoms with Gasteiger partial charge in [-0.25, -0.2) is 0 Å². The zero-order valence-electron chi connectivity index (χ0n) is 13.7. The minimum atomic E-state index is -0.162. The van der Waals surface area contributed by atoms with E-state index >= 15 is 0 Å². The van der Waals surface area contributed by atoms with Crippen LogP contribution < -0.4 is 0 Å². The largest absolute Gasteiger partial charge is 0.469 e.